The highest BCUT2D eigenvalue weighted by molar-refractivity contribution is 7.81. The first-order chi connectivity index (χ1) is 59.0. The molecule has 0 radical (unpaired) electrons. The highest BCUT2D eigenvalue weighted by Crippen LogP contribution is 2.43. The molecular weight excluding hydrogens is 1800 g/mol. The number of halogens is 3. The molecule has 5 aromatic heterocycles. The van der Waals surface area contributed by atoms with Crippen molar-refractivity contribution in [2.45, 2.75) is 170 Å². The Kier molecular flexibility index (Phi) is 29.3. The highest BCUT2D eigenvalue weighted by atomic mass is 35.6. The molecule has 12 aliphatic rings. The summed E-state index contributed by atoms with van der Waals surface area (Å²) >= 11 is 14.4. The van der Waals surface area contributed by atoms with E-state index in [0.717, 1.165) is 53.4 Å². The summed E-state index contributed by atoms with van der Waals surface area (Å²) in [6.45, 7) is 3.23. The molecule has 125 heavy (non-hydrogen) atoms. The van der Waals surface area contributed by atoms with Crippen LogP contribution in [0.25, 0.3) is 0 Å². The molecule has 12 aliphatic heterocycles. The summed E-state index contributed by atoms with van der Waals surface area (Å²) in [7, 11) is -14.0. The van der Waals surface area contributed by atoms with E-state index < -0.39 is 96.5 Å². The Balaban J connectivity index is 0.000000135. The fraction of sp³-hybridized carbons (Fsp3) is 0.532. The van der Waals surface area contributed by atoms with E-state index in [-0.39, 0.29) is 123 Å². The minimum Gasteiger partial charge on any atom is -0.411 e. The van der Waals surface area contributed by atoms with E-state index in [1.165, 1.54) is 31.0 Å². The lowest BCUT2D eigenvalue weighted by molar-refractivity contribution is -0.140. The largest absolute Gasteiger partial charge is 0.450 e. The standard InChI is InChI=1S/C15H17N5O3.C14H17N3O3.C8H12N6O6S.2C8H11N5O6S.C8H11N5O3.CH4.BCl3/c16-14-17-13(18-23-14)12-7-6-11-8-19(12)15(21)20(11)22-9-10-4-2-1-3-5-10;18-14-16-9-13(7-6-12(16)8-15-19)17(14)20-10-11-4-2-1-3-5-11;9-7-11-6(12-18-7)5-2-1-4-3-13(5)8(15)14(4)20-21(16,17)19-10;2*9-7-10-6(11-18-7)5-2-1-4-3-12(5)8(14)13(4)19-20(15,16)17;9-7-10-6(11-16-7)5-2-1-4-3-12(5)8(14)13(4)15;;2-1(3)4/h1-5,11-12H,6-9H2,(H2,16,17,18);1-5,8,12-13,19H,6-7,9-10H2;4-5H,1-3,10H2,(H2,9,11,12);2*4-5H,1-3H2,(H2,9,10,11)(H,15,16,17);4-5,15H,1-3H2,(H2,9,10,11);1H4;/b;15-8+;;;;;;/t11-,12+;12-,13+;4*4-,5+;;/m101111../s1. The third kappa shape index (κ3) is 21.9. The van der Waals surface area contributed by atoms with E-state index in [1.807, 2.05) is 60.7 Å². The number of anilines is 5. The van der Waals surface area contributed by atoms with E-state index in [2.05, 4.69) is 97.0 Å². The number of urea groups is 6. The fourth-order valence-corrected chi connectivity index (χ4v) is 16.9. The van der Waals surface area contributed by atoms with Crippen LogP contribution >= 0.6 is 34.4 Å². The van der Waals surface area contributed by atoms with Gasteiger partial charge in [-0.15, -0.1) is 12.9 Å². The monoisotopic (exact) mass is 1880 g/mol. The summed E-state index contributed by atoms with van der Waals surface area (Å²) in [5.74, 6) is 6.21. The van der Waals surface area contributed by atoms with Crippen LogP contribution < -0.4 is 34.6 Å². The number of benzene rings is 2. The van der Waals surface area contributed by atoms with E-state index in [9.17, 15) is 59.2 Å². The predicted octanol–water partition coefficient (Wildman–Crippen LogP) is 3.19. The van der Waals surface area contributed by atoms with Crippen LogP contribution in [0.3, 0.4) is 0 Å². The van der Waals surface area contributed by atoms with Gasteiger partial charge < -0.3 is 85.9 Å². The van der Waals surface area contributed by atoms with Crippen molar-refractivity contribution in [3.63, 3.8) is 0 Å². The van der Waals surface area contributed by atoms with Crippen LogP contribution in [0, 0.1) is 0 Å². The Labute approximate surface area is 722 Å². The minimum atomic E-state index is -4.75. The molecule has 12 saturated heterocycles. The van der Waals surface area contributed by atoms with E-state index in [1.54, 1.807) is 14.7 Å². The van der Waals surface area contributed by atoms with Gasteiger partial charge in [-0.2, -0.15) is 120 Å². The molecule has 0 aliphatic carbocycles. The SMILES string of the molecule is C.ClB(Cl)Cl.NOS(=O)(=O)ON1C(=O)N2C[C@H]1CC[C@H]2c1noc(N)n1.Nc1nc([C@@H]2CC[C@@H]3CN2C(=O)N3O)no1.Nc1nc([C@@H]2CC[C@@H]3CN2C(=O)N3OCc2ccccc2)no1.Nc1nc([C@@H]2CC[C@@H]3CN2C(=O)N3OS(=O)(=O)O)no1.Nc1nc([C@@H]2CC[C@@H]3CN2C(=O)N3OS(=O)(=O)O)no1.O=C1N2C[C@@H](CC[C@H]2/C=N/O)N1OCc1ccccc1. The van der Waals surface area contributed by atoms with Crippen LogP contribution in [-0.4, -0.2) is 284 Å². The lowest BCUT2D eigenvalue weighted by atomic mass is 10.0. The van der Waals surface area contributed by atoms with Crippen LogP contribution in [0.1, 0.15) is 155 Å². The number of piperidine rings is 6. The maximum absolute atomic E-state index is 12.6. The number of hydrogen-bond acceptors (Lipinski definition) is 42. The summed E-state index contributed by atoms with van der Waals surface area (Å²) < 4.78 is 123. The number of nitrogens with zero attached hydrogens (tertiary/aromatic N) is 23. The number of carbonyl (C=O) groups excluding carboxylic acids is 6. The molecule has 12 fully saturated rings. The molecule has 0 unspecified atom stereocenters. The van der Waals surface area contributed by atoms with Crippen molar-refractivity contribution >= 4 is 143 Å². The maximum atomic E-state index is 12.6. The fourth-order valence-electron chi connectivity index (χ4n) is 15.7. The van der Waals surface area contributed by atoms with Gasteiger partial charge in [-0.05, 0) is 88.2 Å². The second-order valence-electron chi connectivity index (χ2n) is 28.7. The second kappa shape index (κ2) is 39.4. The predicted molar refractivity (Wildman–Crippen MR) is 418 cm³/mol. The van der Waals surface area contributed by atoms with Crippen LogP contribution in [-0.2, 0) is 71.2 Å². The van der Waals surface area contributed by atoms with Gasteiger partial charge in [0.25, 0.3) is 0 Å². The van der Waals surface area contributed by atoms with Crippen molar-refractivity contribution in [3.05, 3.63) is 101 Å². The number of rotatable bonds is 19. The Morgan fingerprint density at radius 3 is 0.976 bits per heavy atom. The molecule has 680 valence electrons. The van der Waals surface area contributed by atoms with E-state index >= 15 is 0 Å². The first kappa shape index (κ1) is 92.8. The zero-order valence-electron chi connectivity index (χ0n) is 64.3. The summed E-state index contributed by atoms with van der Waals surface area (Å²) in [6.07, 6.45) is 9.02. The zero-order chi connectivity index (χ0) is 88.8. The van der Waals surface area contributed by atoms with Gasteiger partial charge in [0.2, 0.25) is 0 Å². The second-order valence-corrected chi connectivity index (χ2v) is 33.8. The number of amides is 12. The van der Waals surface area contributed by atoms with Gasteiger partial charge in [-0.1, -0.05) is 99.0 Å². The molecule has 0 saturated carbocycles. The molecule has 56 nitrogen and oxygen atoms in total. The van der Waals surface area contributed by atoms with Crippen LogP contribution in [0.15, 0.2) is 88.4 Å². The lowest BCUT2D eigenvalue weighted by Crippen LogP contribution is -2.40. The third-order valence-corrected chi connectivity index (χ3v) is 22.4. The number of oxime groups is 1. The van der Waals surface area contributed by atoms with Gasteiger partial charge in [0.15, 0.2) is 29.1 Å². The number of nitrogen functional groups attached to an aromatic ring is 5. The third-order valence-electron chi connectivity index (χ3n) is 21.1. The molecule has 2 aromatic carbocycles. The van der Waals surface area contributed by atoms with Gasteiger partial charge in [0, 0.05) is 39.3 Å². The quantitative estimate of drug-likeness (QED) is 0.0139. The topological polar surface area (TPSA) is 743 Å². The molecule has 16 N–H and O–H groups in total. The summed E-state index contributed by atoms with van der Waals surface area (Å²) in [5.41, 5.74) is 28.9. The van der Waals surface area contributed by atoms with E-state index in [0.29, 0.717) is 99.6 Å². The molecule has 12 atom stereocenters. The van der Waals surface area contributed by atoms with Crippen LogP contribution in [0.4, 0.5) is 58.8 Å². The molecular formula is C62H83BCl3N29O27S3. The number of aromatic nitrogens is 10. The van der Waals surface area contributed by atoms with Gasteiger partial charge >= 0.3 is 102 Å². The Morgan fingerprint density at radius 2 is 0.680 bits per heavy atom. The number of nitrogens with two attached hydrogens (primary N) is 6. The number of fused-ring (bicyclic) bond motifs is 12. The average Bonchev–Trinajstić information content (AvgIpc) is 1.64. The molecule has 12 amide bonds. The van der Waals surface area contributed by atoms with Crippen molar-refractivity contribution in [1.82, 2.24) is 110 Å². The molecule has 7 aromatic rings. The molecule has 63 heteroatoms. The normalized spacial score (nSPS) is 25.1. The lowest BCUT2D eigenvalue weighted by Gasteiger charge is -2.27. The van der Waals surface area contributed by atoms with E-state index in [4.69, 9.17) is 91.6 Å². The van der Waals surface area contributed by atoms with Crippen LogP contribution in [0.2, 0.25) is 0 Å². The van der Waals surface area contributed by atoms with Crippen molar-refractivity contribution in [2.75, 3.05) is 67.9 Å². The average molecular weight is 1880 g/mol. The maximum Gasteiger partial charge on any atom is 0.450 e. The van der Waals surface area contributed by atoms with Crippen molar-refractivity contribution in [2.24, 2.45) is 11.1 Å². The smallest absolute Gasteiger partial charge is 0.411 e. The number of carbonyl (C=O) groups is 6. The van der Waals surface area contributed by atoms with Crippen molar-refractivity contribution < 1.29 is 123 Å². The molecule has 0 spiro atoms. The molecule has 17 heterocycles. The number of hydroxylamine groups is 12. The van der Waals surface area contributed by atoms with Gasteiger partial charge in [0.1, 0.15) is 13.2 Å². The van der Waals surface area contributed by atoms with Gasteiger partial charge in [0.05, 0.1) is 78.7 Å². The van der Waals surface area contributed by atoms with Crippen LogP contribution in [0.5, 0.6) is 0 Å². The first-order valence-corrected chi connectivity index (χ1v) is 42.7. The number of hydrogen-bond donors (Lipinski definition) is 10. The summed E-state index contributed by atoms with van der Waals surface area (Å²) in [4.78, 5) is 112. The first-order valence-electron chi connectivity index (χ1n) is 37.4. The highest BCUT2D eigenvalue weighted by Gasteiger charge is 2.54. The summed E-state index contributed by atoms with van der Waals surface area (Å²) in [5, 5.41) is 45.5. The Morgan fingerprint density at radius 1 is 0.416 bits per heavy atom. The van der Waals surface area contributed by atoms with Crippen molar-refractivity contribution in [1.29, 1.82) is 0 Å². The minimum absolute atomic E-state index is 0. The van der Waals surface area contributed by atoms with Gasteiger partial charge in [-0.25, -0.2) is 33.8 Å². The Bertz CT molecular complexity index is 5200. The Hall–Kier alpha value is -11.4. The molecule has 19 rings (SSSR count). The summed E-state index contributed by atoms with van der Waals surface area (Å²) in [6, 6.07) is 13.3. The van der Waals surface area contributed by atoms with Gasteiger partial charge in [-0.3, -0.25) is 24.0 Å². The zero-order valence-corrected chi connectivity index (χ0v) is 69.0. The van der Waals surface area contributed by atoms with Crippen molar-refractivity contribution in [3.8, 4) is 0 Å². The molecule has 12 bridgehead atoms.